The first-order valence-corrected chi connectivity index (χ1v) is 7.06. The second-order valence-corrected chi connectivity index (χ2v) is 5.68. The van der Waals surface area contributed by atoms with E-state index in [4.69, 9.17) is 4.74 Å². The molecule has 2 aliphatic rings. The Labute approximate surface area is 113 Å². The smallest absolute Gasteiger partial charge is 0.235 e. The average molecular weight is 257 g/mol. The Morgan fingerprint density at radius 2 is 2.05 bits per heavy atom. The minimum Gasteiger partial charge on any atom is -0.496 e. The van der Waals surface area contributed by atoms with Gasteiger partial charge in [0.2, 0.25) is 6.08 Å². The predicted octanol–water partition coefficient (Wildman–Crippen LogP) is 3.68. The summed E-state index contributed by atoms with van der Waals surface area (Å²) in [7, 11) is 1.68. The molecule has 0 saturated heterocycles. The molecule has 0 amide bonds. The molecule has 3 heteroatoms. The standard InChI is InChI=1S/C16H19NO2/c1-19-15-7-6-13(12-4-2-3-5-12)10-14(15)16(8-9-16)17-11-18/h6-7,10,12H,2-5,8-9H2,1H3. The Hall–Kier alpha value is -1.60. The minimum absolute atomic E-state index is 0.346. The molecule has 1 aromatic carbocycles. The number of ether oxygens (including phenoxy) is 1. The van der Waals surface area contributed by atoms with Gasteiger partial charge in [-0.15, -0.1) is 0 Å². The second-order valence-electron chi connectivity index (χ2n) is 5.68. The third-order valence-corrected chi connectivity index (χ3v) is 4.53. The van der Waals surface area contributed by atoms with Gasteiger partial charge in [-0.25, -0.2) is 4.79 Å². The van der Waals surface area contributed by atoms with E-state index >= 15 is 0 Å². The van der Waals surface area contributed by atoms with Gasteiger partial charge in [-0.1, -0.05) is 18.9 Å². The van der Waals surface area contributed by atoms with Crippen LogP contribution in [0.3, 0.4) is 0 Å². The highest BCUT2D eigenvalue weighted by Gasteiger charge is 2.47. The van der Waals surface area contributed by atoms with Gasteiger partial charge in [0, 0.05) is 5.56 Å². The van der Waals surface area contributed by atoms with Crippen molar-refractivity contribution >= 4 is 6.08 Å². The van der Waals surface area contributed by atoms with Crippen molar-refractivity contribution in [1.82, 2.24) is 0 Å². The molecule has 2 aliphatic carbocycles. The number of benzene rings is 1. The molecule has 1 aromatic rings. The van der Waals surface area contributed by atoms with Gasteiger partial charge < -0.3 is 4.74 Å². The number of hydrogen-bond donors (Lipinski definition) is 0. The highest BCUT2D eigenvalue weighted by atomic mass is 16.5. The molecule has 0 atom stereocenters. The van der Waals surface area contributed by atoms with Crippen LogP contribution in [-0.2, 0) is 10.3 Å². The molecule has 2 saturated carbocycles. The molecule has 0 N–H and O–H groups in total. The Kier molecular flexibility index (Phi) is 3.16. The van der Waals surface area contributed by atoms with Crippen LogP contribution < -0.4 is 4.74 Å². The Bertz CT molecular complexity index is 522. The summed E-state index contributed by atoms with van der Waals surface area (Å²) in [5.41, 5.74) is 2.10. The van der Waals surface area contributed by atoms with Gasteiger partial charge in [0.1, 0.15) is 11.3 Å². The number of aliphatic imine (C=N–C) groups is 1. The molecular weight excluding hydrogens is 238 g/mol. The van der Waals surface area contributed by atoms with Crippen LogP contribution >= 0.6 is 0 Å². The van der Waals surface area contributed by atoms with E-state index in [1.165, 1.54) is 31.2 Å². The second kappa shape index (κ2) is 4.82. The lowest BCUT2D eigenvalue weighted by molar-refractivity contribution is 0.404. The van der Waals surface area contributed by atoms with Crippen LogP contribution in [0.25, 0.3) is 0 Å². The maximum Gasteiger partial charge on any atom is 0.235 e. The third kappa shape index (κ3) is 2.19. The molecule has 0 radical (unpaired) electrons. The van der Waals surface area contributed by atoms with Gasteiger partial charge in [0.15, 0.2) is 0 Å². The first kappa shape index (κ1) is 12.4. The van der Waals surface area contributed by atoms with E-state index in [0.717, 1.165) is 24.2 Å². The lowest BCUT2D eigenvalue weighted by atomic mass is 9.93. The van der Waals surface area contributed by atoms with Crippen LogP contribution in [0, 0.1) is 0 Å². The van der Waals surface area contributed by atoms with E-state index in [2.05, 4.69) is 17.1 Å². The molecule has 0 spiro atoms. The number of isocyanates is 1. The summed E-state index contributed by atoms with van der Waals surface area (Å²) in [6.45, 7) is 0. The number of nitrogens with zero attached hydrogens (tertiary/aromatic N) is 1. The molecule has 19 heavy (non-hydrogen) atoms. The molecule has 0 heterocycles. The van der Waals surface area contributed by atoms with Crippen LogP contribution in [0.2, 0.25) is 0 Å². The van der Waals surface area contributed by atoms with Crippen molar-refractivity contribution in [1.29, 1.82) is 0 Å². The van der Waals surface area contributed by atoms with Gasteiger partial charge in [0.25, 0.3) is 0 Å². The summed E-state index contributed by atoms with van der Waals surface area (Å²) < 4.78 is 5.45. The fourth-order valence-electron chi connectivity index (χ4n) is 3.25. The quantitative estimate of drug-likeness (QED) is 0.609. The monoisotopic (exact) mass is 257 g/mol. The van der Waals surface area contributed by atoms with E-state index in [1.807, 2.05) is 6.07 Å². The van der Waals surface area contributed by atoms with Crippen LogP contribution in [0.5, 0.6) is 5.75 Å². The third-order valence-electron chi connectivity index (χ3n) is 4.53. The topological polar surface area (TPSA) is 38.7 Å². The molecule has 2 fully saturated rings. The van der Waals surface area contributed by atoms with Gasteiger partial charge in [-0.2, -0.15) is 4.99 Å². The van der Waals surface area contributed by atoms with Gasteiger partial charge in [0.05, 0.1) is 7.11 Å². The summed E-state index contributed by atoms with van der Waals surface area (Å²) in [5, 5.41) is 0. The Morgan fingerprint density at radius 3 is 2.63 bits per heavy atom. The summed E-state index contributed by atoms with van der Waals surface area (Å²) in [6, 6.07) is 6.41. The van der Waals surface area contributed by atoms with E-state index in [9.17, 15) is 4.79 Å². The van der Waals surface area contributed by atoms with Crippen LogP contribution in [0.4, 0.5) is 0 Å². The summed E-state index contributed by atoms with van der Waals surface area (Å²) >= 11 is 0. The zero-order chi connectivity index (χ0) is 13.3. The van der Waals surface area contributed by atoms with E-state index in [1.54, 1.807) is 13.2 Å². The SMILES string of the molecule is COc1ccc(C2CCCC2)cc1C1(N=C=O)CC1. The number of carbonyl (C=O) groups excluding carboxylic acids is 1. The van der Waals surface area contributed by atoms with Gasteiger partial charge in [-0.3, -0.25) is 0 Å². The largest absolute Gasteiger partial charge is 0.496 e. The normalized spacial score (nSPS) is 20.9. The van der Waals surface area contributed by atoms with Gasteiger partial charge in [-0.05, 0) is 49.3 Å². The van der Waals surface area contributed by atoms with Crippen LogP contribution in [-0.4, -0.2) is 13.2 Å². The highest BCUT2D eigenvalue weighted by Crippen LogP contribution is 2.53. The summed E-state index contributed by atoms with van der Waals surface area (Å²) in [5.74, 6) is 1.51. The van der Waals surface area contributed by atoms with Crippen LogP contribution in [0.1, 0.15) is 55.6 Å². The number of methoxy groups -OCH3 is 1. The van der Waals surface area contributed by atoms with E-state index < -0.39 is 0 Å². The van der Waals surface area contributed by atoms with Crippen molar-refractivity contribution in [3.8, 4) is 5.75 Å². The minimum atomic E-state index is -0.346. The molecule has 100 valence electrons. The zero-order valence-electron chi connectivity index (χ0n) is 11.3. The lowest BCUT2D eigenvalue weighted by Crippen LogP contribution is -2.07. The maximum absolute atomic E-state index is 10.6. The van der Waals surface area contributed by atoms with E-state index in [-0.39, 0.29) is 5.54 Å². The van der Waals surface area contributed by atoms with Crippen molar-refractivity contribution in [3.63, 3.8) is 0 Å². The molecule has 0 bridgehead atoms. The van der Waals surface area contributed by atoms with Crippen LogP contribution in [0.15, 0.2) is 23.2 Å². The lowest BCUT2D eigenvalue weighted by Gasteiger charge is -2.17. The fraction of sp³-hybridized carbons (Fsp3) is 0.562. The molecule has 3 rings (SSSR count). The van der Waals surface area contributed by atoms with Crippen molar-refractivity contribution < 1.29 is 9.53 Å². The average Bonchev–Trinajstić information content (AvgIpc) is 3.02. The summed E-state index contributed by atoms with van der Waals surface area (Å²) in [4.78, 5) is 14.7. The van der Waals surface area contributed by atoms with Crippen molar-refractivity contribution in [3.05, 3.63) is 29.3 Å². The number of rotatable bonds is 4. The first-order valence-electron chi connectivity index (χ1n) is 7.06. The Balaban J connectivity index is 2.00. The molecule has 3 nitrogen and oxygen atoms in total. The predicted molar refractivity (Wildman–Crippen MR) is 73.2 cm³/mol. The molecule has 0 aromatic heterocycles. The summed E-state index contributed by atoms with van der Waals surface area (Å²) in [6.07, 6.45) is 8.77. The molecule has 0 unspecified atom stereocenters. The fourth-order valence-corrected chi connectivity index (χ4v) is 3.25. The maximum atomic E-state index is 10.6. The van der Waals surface area contributed by atoms with Gasteiger partial charge >= 0.3 is 0 Å². The Morgan fingerprint density at radius 1 is 1.32 bits per heavy atom. The van der Waals surface area contributed by atoms with Crippen molar-refractivity contribution in [2.24, 2.45) is 4.99 Å². The molecule has 0 aliphatic heterocycles. The van der Waals surface area contributed by atoms with Crippen molar-refractivity contribution in [2.75, 3.05) is 7.11 Å². The van der Waals surface area contributed by atoms with E-state index in [0.29, 0.717) is 5.92 Å². The van der Waals surface area contributed by atoms with Crippen molar-refractivity contribution in [2.45, 2.75) is 50.0 Å². The zero-order valence-corrected chi connectivity index (χ0v) is 11.3. The first-order chi connectivity index (χ1) is 9.29. The number of hydrogen-bond acceptors (Lipinski definition) is 3. The highest BCUT2D eigenvalue weighted by molar-refractivity contribution is 5.49. The molecular formula is C16H19NO2.